The number of carbonyl (C=O) groups is 1. The molecule has 0 aliphatic carbocycles. The summed E-state index contributed by atoms with van der Waals surface area (Å²) in [4.78, 5) is 11.9. The molecular weight excluding hydrogens is 516 g/mol. The van der Waals surface area contributed by atoms with Gasteiger partial charge in [0, 0.05) is 12.3 Å². The van der Waals surface area contributed by atoms with Gasteiger partial charge in [-0.15, -0.1) is 11.6 Å². The van der Waals surface area contributed by atoms with Gasteiger partial charge in [-0.25, -0.2) is 0 Å². The number of hydrogen-bond donors (Lipinski definition) is 1. The lowest BCUT2D eigenvalue weighted by molar-refractivity contribution is -0.143. The normalized spacial score (nSPS) is 12.2. The minimum Gasteiger partial charge on any atom is -0.466 e. The number of aliphatic hydroxyl groups excluding tert-OH is 1. The summed E-state index contributed by atoms with van der Waals surface area (Å²) >= 11 is 5.71. The molecule has 0 saturated heterocycles. The maximum atomic E-state index is 11.9. The van der Waals surface area contributed by atoms with Crippen molar-refractivity contribution < 1.29 is 14.6 Å². The van der Waals surface area contributed by atoms with Gasteiger partial charge in [0.05, 0.1) is 12.7 Å². The predicted molar refractivity (Wildman–Crippen MR) is 176 cm³/mol. The van der Waals surface area contributed by atoms with Crippen molar-refractivity contribution in [3.05, 3.63) is 0 Å². The van der Waals surface area contributed by atoms with E-state index in [1.807, 2.05) is 0 Å². The molecule has 0 aromatic rings. The molecule has 1 atom stereocenters. The SMILES string of the molecule is CCCCCCC(O)CCCCCCCCCCC(=O)OCCCCCCCCCCCCCCCCCCCl. The summed E-state index contributed by atoms with van der Waals surface area (Å²) in [7, 11) is 0. The van der Waals surface area contributed by atoms with Crippen molar-refractivity contribution in [1.82, 2.24) is 0 Å². The maximum Gasteiger partial charge on any atom is 0.305 e. The van der Waals surface area contributed by atoms with Crippen LogP contribution in [0, 0.1) is 0 Å². The molecule has 0 saturated carbocycles. The molecule has 0 aliphatic heterocycles. The van der Waals surface area contributed by atoms with E-state index in [-0.39, 0.29) is 12.1 Å². The molecule has 0 bridgehead atoms. The molecule has 1 N–H and O–H groups in total. The van der Waals surface area contributed by atoms with Crippen LogP contribution in [0.1, 0.15) is 206 Å². The first-order chi connectivity index (χ1) is 19.7. The van der Waals surface area contributed by atoms with Crippen LogP contribution < -0.4 is 0 Å². The van der Waals surface area contributed by atoms with Gasteiger partial charge in [0.25, 0.3) is 0 Å². The van der Waals surface area contributed by atoms with Crippen molar-refractivity contribution in [2.24, 2.45) is 0 Å². The van der Waals surface area contributed by atoms with Gasteiger partial charge in [-0.3, -0.25) is 4.79 Å². The van der Waals surface area contributed by atoms with E-state index in [9.17, 15) is 9.90 Å². The monoisotopic (exact) mass is 587 g/mol. The second-order valence-corrected chi connectivity index (χ2v) is 12.8. The molecule has 0 aliphatic rings. The fourth-order valence-corrected chi connectivity index (χ4v) is 5.78. The standard InChI is InChI=1S/C36H71ClO3/c1-2-3-4-25-30-35(38)31-26-21-17-13-14-18-22-27-32-36(39)40-34-29-24-20-16-12-10-8-6-5-7-9-11-15-19-23-28-33-37/h35,38H,2-34H2,1H3. The van der Waals surface area contributed by atoms with Crippen molar-refractivity contribution in [3.63, 3.8) is 0 Å². The largest absolute Gasteiger partial charge is 0.466 e. The average molecular weight is 587 g/mol. The molecule has 0 fully saturated rings. The van der Waals surface area contributed by atoms with Gasteiger partial charge in [0.15, 0.2) is 0 Å². The average Bonchev–Trinajstić information content (AvgIpc) is 2.95. The minimum absolute atomic E-state index is 0.000394. The first-order valence-corrected chi connectivity index (χ1v) is 18.6. The summed E-state index contributed by atoms with van der Waals surface area (Å²) in [6.07, 6.45) is 38.3. The fraction of sp³-hybridized carbons (Fsp3) is 0.972. The van der Waals surface area contributed by atoms with Crippen molar-refractivity contribution >= 4 is 17.6 Å². The van der Waals surface area contributed by atoms with Crippen LogP contribution in [-0.4, -0.2) is 29.7 Å². The van der Waals surface area contributed by atoms with Gasteiger partial charge < -0.3 is 9.84 Å². The number of alkyl halides is 1. The van der Waals surface area contributed by atoms with E-state index in [1.165, 1.54) is 154 Å². The number of halogens is 1. The highest BCUT2D eigenvalue weighted by Gasteiger charge is 2.04. The summed E-state index contributed by atoms with van der Waals surface area (Å²) in [5.41, 5.74) is 0. The Bertz CT molecular complexity index is 485. The van der Waals surface area contributed by atoms with Crippen LogP contribution in [0.2, 0.25) is 0 Å². The number of unbranched alkanes of at least 4 members (excludes halogenated alkanes) is 25. The zero-order chi connectivity index (χ0) is 29.2. The first kappa shape index (κ1) is 39.7. The van der Waals surface area contributed by atoms with Crippen LogP contribution in [0.3, 0.4) is 0 Å². The Hall–Kier alpha value is -0.280. The summed E-state index contributed by atoms with van der Waals surface area (Å²) in [5.74, 6) is 0.824. The Morgan fingerprint density at radius 3 is 1.30 bits per heavy atom. The Morgan fingerprint density at radius 1 is 0.525 bits per heavy atom. The summed E-state index contributed by atoms with van der Waals surface area (Å²) < 4.78 is 5.43. The van der Waals surface area contributed by atoms with Crippen molar-refractivity contribution in [1.29, 1.82) is 0 Å². The Kier molecular flexibility index (Phi) is 34.7. The van der Waals surface area contributed by atoms with E-state index < -0.39 is 0 Å². The summed E-state index contributed by atoms with van der Waals surface area (Å²) in [5, 5.41) is 10.0. The van der Waals surface area contributed by atoms with E-state index in [0.717, 1.165) is 44.4 Å². The summed E-state index contributed by atoms with van der Waals surface area (Å²) in [6.45, 7) is 2.84. The number of hydrogen-bond acceptors (Lipinski definition) is 3. The number of carbonyl (C=O) groups excluding carboxylic acids is 1. The van der Waals surface area contributed by atoms with Gasteiger partial charge in [-0.05, 0) is 32.1 Å². The predicted octanol–water partition coefficient (Wildman–Crippen LogP) is 12.2. The lowest BCUT2D eigenvalue weighted by Crippen LogP contribution is -2.06. The third-order valence-electron chi connectivity index (χ3n) is 8.35. The molecule has 40 heavy (non-hydrogen) atoms. The van der Waals surface area contributed by atoms with Crippen molar-refractivity contribution in [3.8, 4) is 0 Å². The van der Waals surface area contributed by atoms with E-state index in [2.05, 4.69) is 6.92 Å². The van der Waals surface area contributed by atoms with E-state index >= 15 is 0 Å². The van der Waals surface area contributed by atoms with Crippen molar-refractivity contribution in [2.75, 3.05) is 12.5 Å². The van der Waals surface area contributed by atoms with Gasteiger partial charge in [-0.2, -0.15) is 0 Å². The molecule has 0 amide bonds. The molecule has 3 nitrogen and oxygen atoms in total. The number of ether oxygens (including phenoxy) is 1. The molecule has 0 aromatic carbocycles. The van der Waals surface area contributed by atoms with Crippen LogP contribution in [-0.2, 0) is 9.53 Å². The van der Waals surface area contributed by atoms with Gasteiger partial charge in [-0.1, -0.05) is 167 Å². The molecule has 4 heteroatoms. The van der Waals surface area contributed by atoms with E-state index in [4.69, 9.17) is 16.3 Å². The Labute approximate surface area is 256 Å². The summed E-state index contributed by atoms with van der Waals surface area (Å²) in [6, 6.07) is 0. The van der Waals surface area contributed by atoms with Crippen LogP contribution >= 0.6 is 11.6 Å². The molecular formula is C36H71ClO3. The van der Waals surface area contributed by atoms with Gasteiger partial charge in [0.1, 0.15) is 0 Å². The number of esters is 1. The van der Waals surface area contributed by atoms with Crippen molar-refractivity contribution in [2.45, 2.75) is 212 Å². The van der Waals surface area contributed by atoms with Crippen LogP contribution in [0.4, 0.5) is 0 Å². The molecule has 0 spiro atoms. The zero-order valence-electron chi connectivity index (χ0n) is 27.1. The number of aliphatic hydroxyl groups is 1. The lowest BCUT2D eigenvalue weighted by Gasteiger charge is -2.10. The highest BCUT2D eigenvalue weighted by molar-refractivity contribution is 6.17. The number of rotatable bonds is 34. The van der Waals surface area contributed by atoms with Crippen LogP contribution in [0.25, 0.3) is 0 Å². The lowest BCUT2D eigenvalue weighted by atomic mass is 10.0. The molecule has 1 unspecified atom stereocenters. The highest BCUT2D eigenvalue weighted by Crippen LogP contribution is 2.16. The van der Waals surface area contributed by atoms with Crippen LogP contribution in [0.15, 0.2) is 0 Å². The second kappa shape index (κ2) is 34.9. The Morgan fingerprint density at radius 2 is 0.875 bits per heavy atom. The fourth-order valence-electron chi connectivity index (χ4n) is 5.59. The maximum absolute atomic E-state index is 11.9. The molecule has 0 aromatic heterocycles. The van der Waals surface area contributed by atoms with Crippen LogP contribution in [0.5, 0.6) is 0 Å². The highest BCUT2D eigenvalue weighted by atomic mass is 35.5. The molecule has 0 heterocycles. The second-order valence-electron chi connectivity index (χ2n) is 12.4. The molecule has 0 rings (SSSR count). The Balaban J connectivity index is 3.19. The van der Waals surface area contributed by atoms with E-state index in [1.54, 1.807) is 0 Å². The third kappa shape index (κ3) is 33.9. The molecule has 0 radical (unpaired) electrons. The topological polar surface area (TPSA) is 46.5 Å². The first-order valence-electron chi connectivity index (χ1n) is 18.1. The zero-order valence-corrected chi connectivity index (χ0v) is 27.8. The smallest absolute Gasteiger partial charge is 0.305 e. The van der Waals surface area contributed by atoms with E-state index in [0.29, 0.717) is 13.0 Å². The van der Waals surface area contributed by atoms with Gasteiger partial charge in [0.2, 0.25) is 0 Å². The molecule has 240 valence electrons. The quantitative estimate of drug-likeness (QED) is 0.0463. The minimum atomic E-state index is -0.0803. The van der Waals surface area contributed by atoms with Gasteiger partial charge >= 0.3 is 5.97 Å². The third-order valence-corrected chi connectivity index (χ3v) is 8.62.